The number of nitrogens with two attached hydrogens (primary N) is 1. The van der Waals surface area contributed by atoms with Crippen LogP contribution >= 0.6 is 0 Å². The van der Waals surface area contributed by atoms with Crippen LogP contribution in [0.3, 0.4) is 0 Å². The summed E-state index contributed by atoms with van der Waals surface area (Å²) in [5.41, 5.74) is 0.0678. The number of aromatic amines is 1. The first kappa shape index (κ1) is 13.1. The number of carbonyl (C=O) groups excluding carboxylic acids is 1. The predicted molar refractivity (Wildman–Crippen MR) is 66.5 cm³/mol. The summed E-state index contributed by atoms with van der Waals surface area (Å²) in [4.78, 5) is 16.6. The number of H-pyrrole nitrogens is 1. The second kappa shape index (κ2) is 4.10. The van der Waals surface area contributed by atoms with Crippen molar-refractivity contribution in [1.29, 1.82) is 0 Å². The highest BCUT2D eigenvalue weighted by atomic mass is 32.2. The van der Waals surface area contributed by atoms with Crippen molar-refractivity contribution in [2.75, 3.05) is 6.54 Å². The SMILES string of the molecule is CC1(C)CCCN1C(=O)c1cc(S(N)(=O)=O)c[nH]1. The quantitative estimate of drug-likeness (QED) is 0.827. The van der Waals surface area contributed by atoms with Crippen LogP contribution in [0, 0.1) is 0 Å². The molecule has 1 amide bonds. The minimum atomic E-state index is -3.77. The molecule has 3 N–H and O–H groups in total. The van der Waals surface area contributed by atoms with Crippen molar-refractivity contribution in [1.82, 2.24) is 9.88 Å². The van der Waals surface area contributed by atoms with E-state index in [4.69, 9.17) is 5.14 Å². The van der Waals surface area contributed by atoms with Gasteiger partial charge >= 0.3 is 0 Å². The van der Waals surface area contributed by atoms with Crippen LogP contribution in [0.1, 0.15) is 37.2 Å². The number of likely N-dealkylation sites (tertiary alicyclic amines) is 1. The zero-order chi connectivity index (χ0) is 13.6. The molecule has 7 heteroatoms. The number of primary sulfonamides is 1. The predicted octanol–water partition coefficient (Wildman–Crippen LogP) is 0.677. The molecule has 2 rings (SSSR count). The zero-order valence-electron chi connectivity index (χ0n) is 10.4. The van der Waals surface area contributed by atoms with E-state index in [1.165, 1.54) is 12.3 Å². The lowest BCUT2D eigenvalue weighted by Crippen LogP contribution is -2.42. The number of nitrogens with zero attached hydrogens (tertiary/aromatic N) is 1. The average molecular weight is 271 g/mol. The van der Waals surface area contributed by atoms with Crippen LogP contribution in [0.15, 0.2) is 17.2 Å². The summed E-state index contributed by atoms with van der Waals surface area (Å²) in [6.07, 6.45) is 3.15. The van der Waals surface area contributed by atoms with Crippen molar-refractivity contribution in [3.8, 4) is 0 Å². The molecule has 0 unspecified atom stereocenters. The number of amides is 1. The Morgan fingerprint density at radius 2 is 2.17 bits per heavy atom. The molecule has 2 heterocycles. The number of aromatic nitrogens is 1. The van der Waals surface area contributed by atoms with Gasteiger partial charge in [0.2, 0.25) is 10.0 Å². The topological polar surface area (TPSA) is 96.3 Å². The second-order valence-electron chi connectivity index (χ2n) is 5.17. The molecule has 1 saturated heterocycles. The van der Waals surface area contributed by atoms with Gasteiger partial charge in [0.1, 0.15) is 5.69 Å². The van der Waals surface area contributed by atoms with Crippen LogP contribution in [-0.2, 0) is 10.0 Å². The fraction of sp³-hybridized carbons (Fsp3) is 0.545. The van der Waals surface area contributed by atoms with E-state index < -0.39 is 10.0 Å². The molecule has 0 bridgehead atoms. The monoisotopic (exact) mass is 271 g/mol. The molecular weight excluding hydrogens is 254 g/mol. The number of hydrogen-bond acceptors (Lipinski definition) is 3. The lowest BCUT2D eigenvalue weighted by atomic mass is 10.0. The van der Waals surface area contributed by atoms with Gasteiger partial charge in [-0.05, 0) is 32.8 Å². The molecule has 0 aromatic carbocycles. The van der Waals surface area contributed by atoms with Gasteiger partial charge in [0.15, 0.2) is 0 Å². The molecule has 18 heavy (non-hydrogen) atoms. The van der Waals surface area contributed by atoms with Gasteiger partial charge in [-0.3, -0.25) is 4.79 Å². The standard InChI is InChI=1S/C11H17N3O3S/c1-11(2)4-3-5-14(11)10(15)9-6-8(7-13-9)18(12,16)17/h6-7,13H,3-5H2,1-2H3,(H2,12,16,17). The molecule has 1 fully saturated rings. The van der Waals surface area contributed by atoms with E-state index in [9.17, 15) is 13.2 Å². The third kappa shape index (κ3) is 2.28. The van der Waals surface area contributed by atoms with Crippen molar-refractivity contribution >= 4 is 15.9 Å². The molecule has 0 atom stereocenters. The third-order valence-corrected chi connectivity index (χ3v) is 4.25. The first-order chi connectivity index (χ1) is 8.22. The number of nitrogens with one attached hydrogen (secondary N) is 1. The largest absolute Gasteiger partial charge is 0.356 e. The molecule has 1 aromatic heterocycles. The van der Waals surface area contributed by atoms with Crippen LogP contribution in [-0.4, -0.2) is 36.3 Å². The Morgan fingerprint density at radius 3 is 2.61 bits per heavy atom. The van der Waals surface area contributed by atoms with Crippen molar-refractivity contribution in [2.24, 2.45) is 5.14 Å². The summed E-state index contributed by atoms with van der Waals surface area (Å²) in [6.45, 7) is 4.69. The van der Waals surface area contributed by atoms with Crippen molar-refractivity contribution in [3.05, 3.63) is 18.0 Å². The first-order valence-electron chi connectivity index (χ1n) is 5.75. The van der Waals surface area contributed by atoms with Crippen LogP contribution in [0.2, 0.25) is 0 Å². The van der Waals surface area contributed by atoms with E-state index in [2.05, 4.69) is 4.98 Å². The molecule has 1 aliphatic rings. The van der Waals surface area contributed by atoms with Crippen LogP contribution < -0.4 is 5.14 Å². The molecule has 1 aromatic rings. The third-order valence-electron chi connectivity index (χ3n) is 3.36. The van der Waals surface area contributed by atoms with Gasteiger partial charge < -0.3 is 9.88 Å². The first-order valence-corrected chi connectivity index (χ1v) is 7.30. The Morgan fingerprint density at radius 1 is 1.50 bits per heavy atom. The van der Waals surface area contributed by atoms with Crippen molar-refractivity contribution in [2.45, 2.75) is 37.1 Å². The fourth-order valence-electron chi connectivity index (χ4n) is 2.29. The number of hydrogen-bond donors (Lipinski definition) is 2. The molecule has 1 aliphatic heterocycles. The number of carbonyl (C=O) groups is 1. The highest BCUT2D eigenvalue weighted by Gasteiger charge is 2.36. The van der Waals surface area contributed by atoms with Crippen LogP contribution in [0.4, 0.5) is 0 Å². The Kier molecular flexibility index (Phi) is 2.98. The Bertz CT molecular complexity index is 574. The van der Waals surface area contributed by atoms with Gasteiger partial charge in [-0.25, -0.2) is 13.6 Å². The number of rotatable bonds is 2. The molecule has 100 valence electrons. The minimum absolute atomic E-state index is 0.0668. The van der Waals surface area contributed by atoms with Gasteiger partial charge in [0.25, 0.3) is 5.91 Å². The summed E-state index contributed by atoms with van der Waals surface area (Å²) in [5, 5.41) is 5.00. The van der Waals surface area contributed by atoms with E-state index in [1.807, 2.05) is 13.8 Å². The van der Waals surface area contributed by atoms with Gasteiger partial charge in [-0.1, -0.05) is 0 Å². The van der Waals surface area contributed by atoms with E-state index in [0.717, 1.165) is 12.8 Å². The summed E-state index contributed by atoms with van der Waals surface area (Å²) in [5.74, 6) is -0.188. The van der Waals surface area contributed by atoms with Gasteiger partial charge in [0, 0.05) is 18.3 Å². The lowest BCUT2D eigenvalue weighted by molar-refractivity contribution is 0.0646. The molecule has 0 spiro atoms. The maximum absolute atomic E-state index is 12.3. The van der Waals surface area contributed by atoms with Gasteiger partial charge in [-0.2, -0.15) is 0 Å². The smallest absolute Gasteiger partial charge is 0.270 e. The summed E-state index contributed by atoms with van der Waals surface area (Å²) in [7, 11) is -3.77. The summed E-state index contributed by atoms with van der Waals surface area (Å²) in [6, 6.07) is 1.28. The van der Waals surface area contributed by atoms with Crippen molar-refractivity contribution < 1.29 is 13.2 Å². The Hall–Kier alpha value is -1.34. The maximum Gasteiger partial charge on any atom is 0.270 e. The zero-order valence-corrected chi connectivity index (χ0v) is 11.3. The molecular formula is C11H17N3O3S. The summed E-state index contributed by atoms with van der Waals surface area (Å²) < 4.78 is 22.3. The van der Waals surface area contributed by atoms with E-state index >= 15 is 0 Å². The van der Waals surface area contributed by atoms with Gasteiger partial charge in [-0.15, -0.1) is 0 Å². The van der Waals surface area contributed by atoms with Gasteiger partial charge in [0.05, 0.1) is 4.90 Å². The van der Waals surface area contributed by atoms with Crippen LogP contribution in [0.5, 0.6) is 0 Å². The van der Waals surface area contributed by atoms with Crippen LogP contribution in [0.25, 0.3) is 0 Å². The number of sulfonamides is 1. The highest BCUT2D eigenvalue weighted by molar-refractivity contribution is 7.89. The molecule has 0 saturated carbocycles. The highest BCUT2D eigenvalue weighted by Crippen LogP contribution is 2.29. The van der Waals surface area contributed by atoms with E-state index in [0.29, 0.717) is 6.54 Å². The second-order valence-corrected chi connectivity index (χ2v) is 6.73. The van der Waals surface area contributed by atoms with E-state index in [1.54, 1.807) is 4.90 Å². The Labute approximate surface area is 106 Å². The molecule has 0 aliphatic carbocycles. The molecule has 0 radical (unpaired) electrons. The Balaban J connectivity index is 2.28. The fourth-order valence-corrected chi connectivity index (χ4v) is 2.80. The van der Waals surface area contributed by atoms with E-state index in [-0.39, 0.29) is 22.0 Å². The normalized spacial score (nSPS) is 19.2. The minimum Gasteiger partial charge on any atom is -0.356 e. The lowest BCUT2D eigenvalue weighted by Gasteiger charge is -2.31. The average Bonchev–Trinajstić information content (AvgIpc) is 2.81. The molecule has 6 nitrogen and oxygen atoms in total. The summed E-state index contributed by atoms with van der Waals surface area (Å²) >= 11 is 0. The maximum atomic E-state index is 12.3. The van der Waals surface area contributed by atoms with Crippen molar-refractivity contribution in [3.63, 3.8) is 0 Å².